The lowest BCUT2D eigenvalue weighted by Gasteiger charge is -2.23. The van der Waals surface area contributed by atoms with Crippen LogP contribution in [0.2, 0.25) is 5.02 Å². The molecular weight excluding hydrogens is 502 g/mol. The SMILES string of the molecule is Cn1cc(C#N)cc1-c1c2c(nn1Cc1ccnc3ccc(Cl)cc13)C(CC1CC1)C(=O)NC2=NCCO. The van der Waals surface area contributed by atoms with Crippen LogP contribution in [0.15, 0.2) is 47.7 Å². The summed E-state index contributed by atoms with van der Waals surface area (Å²) in [6.07, 6.45) is 6.50. The van der Waals surface area contributed by atoms with Crippen molar-refractivity contribution in [1.29, 1.82) is 5.26 Å². The summed E-state index contributed by atoms with van der Waals surface area (Å²) in [6, 6.07) is 11.6. The molecular formula is C28H26ClN7O2. The van der Waals surface area contributed by atoms with Gasteiger partial charge in [-0.2, -0.15) is 10.4 Å². The Balaban J connectivity index is 1.59. The minimum atomic E-state index is -0.398. The molecule has 0 saturated heterocycles. The van der Waals surface area contributed by atoms with Crippen LogP contribution in [0.5, 0.6) is 0 Å². The van der Waals surface area contributed by atoms with Crippen molar-refractivity contribution < 1.29 is 9.90 Å². The maximum Gasteiger partial charge on any atom is 0.234 e. The molecule has 2 N–H and O–H groups in total. The lowest BCUT2D eigenvalue weighted by molar-refractivity contribution is -0.121. The first-order valence-corrected chi connectivity index (χ1v) is 13.0. The normalized spacial score (nSPS) is 18.0. The lowest BCUT2D eigenvalue weighted by Crippen LogP contribution is -2.41. The van der Waals surface area contributed by atoms with Gasteiger partial charge in [0.1, 0.15) is 11.9 Å². The highest BCUT2D eigenvalue weighted by molar-refractivity contribution is 6.31. The van der Waals surface area contributed by atoms with Gasteiger partial charge in [-0.3, -0.25) is 19.5 Å². The van der Waals surface area contributed by atoms with Gasteiger partial charge in [0, 0.05) is 29.9 Å². The summed E-state index contributed by atoms with van der Waals surface area (Å²) >= 11 is 6.33. The molecule has 1 aliphatic heterocycles. The molecule has 1 aromatic carbocycles. The van der Waals surface area contributed by atoms with Crippen LogP contribution in [0.4, 0.5) is 0 Å². The number of amidine groups is 1. The highest BCUT2D eigenvalue weighted by Gasteiger charge is 2.41. The first-order valence-electron chi connectivity index (χ1n) is 12.6. The van der Waals surface area contributed by atoms with Gasteiger partial charge in [-0.1, -0.05) is 24.4 Å². The molecule has 4 aromatic rings. The van der Waals surface area contributed by atoms with E-state index in [1.54, 1.807) is 12.4 Å². The molecule has 9 nitrogen and oxygen atoms in total. The fourth-order valence-corrected chi connectivity index (χ4v) is 5.42. The molecule has 192 valence electrons. The number of aromatic nitrogens is 4. The Labute approximate surface area is 224 Å². The third kappa shape index (κ3) is 4.36. The Kier molecular flexibility index (Phi) is 6.22. The highest BCUT2D eigenvalue weighted by Crippen LogP contribution is 2.42. The number of pyridine rings is 1. The average Bonchev–Trinajstić information content (AvgIpc) is 3.55. The molecule has 1 atom stereocenters. The Morgan fingerprint density at radius 3 is 2.87 bits per heavy atom. The third-order valence-corrected chi connectivity index (χ3v) is 7.47. The van der Waals surface area contributed by atoms with Crippen LogP contribution in [0, 0.1) is 17.2 Å². The third-order valence-electron chi connectivity index (χ3n) is 7.23. The summed E-state index contributed by atoms with van der Waals surface area (Å²) in [5.41, 5.74) is 5.28. The van der Waals surface area contributed by atoms with Crippen LogP contribution >= 0.6 is 11.6 Å². The molecule has 1 fully saturated rings. The summed E-state index contributed by atoms with van der Waals surface area (Å²) in [5.74, 6) is 0.386. The van der Waals surface area contributed by atoms with Crippen molar-refractivity contribution >= 4 is 34.2 Å². The van der Waals surface area contributed by atoms with Crippen LogP contribution in [-0.4, -0.2) is 49.3 Å². The maximum atomic E-state index is 13.3. The number of aliphatic hydroxyl groups excluding tert-OH is 1. The number of aryl methyl sites for hydroxylation is 1. The van der Waals surface area contributed by atoms with E-state index in [-0.39, 0.29) is 19.1 Å². The van der Waals surface area contributed by atoms with Gasteiger partial charge in [0.05, 0.1) is 59.3 Å². The van der Waals surface area contributed by atoms with E-state index in [1.165, 1.54) is 0 Å². The first kappa shape index (κ1) is 24.3. The van der Waals surface area contributed by atoms with Crippen LogP contribution < -0.4 is 5.32 Å². The quantitative estimate of drug-likeness (QED) is 0.379. The molecule has 3 aromatic heterocycles. The highest BCUT2D eigenvalue weighted by atomic mass is 35.5. The zero-order chi connectivity index (χ0) is 26.4. The zero-order valence-electron chi connectivity index (χ0n) is 20.9. The monoisotopic (exact) mass is 527 g/mol. The van der Waals surface area contributed by atoms with E-state index < -0.39 is 5.92 Å². The van der Waals surface area contributed by atoms with Gasteiger partial charge < -0.3 is 15.0 Å². The molecule has 38 heavy (non-hydrogen) atoms. The molecule has 0 radical (unpaired) electrons. The van der Waals surface area contributed by atoms with Gasteiger partial charge in [-0.15, -0.1) is 0 Å². The number of rotatable bonds is 7. The number of nitriles is 1. The predicted octanol–water partition coefficient (Wildman–Crippen LogP) is 3.76. The van der Waals surface area contributed by atoms with Crippen molar-refractivity contribution in [3.05, 3.63) is 70.1 Å². The number of hydrogen-bond donors (Lipinski definition) is 2. The van der Waals surface area contributed by atoms with Gasteiger partial charge in [0.2, 0.25) is 5.91 Å². The Morgan fingerprint density at radius 2 is 2.13 bits per heavy atom. The molecule has 1 unspecified atom stereocenters. The number of carbonyl (C=O) groups excluding carboxylic acids is 1. The molecule has 1 saturated carbocycles. The predicted molar refractivity (Wildman–Crippen MR) is 144 cm³/mol. The number of fused-ring (bicyclic) bond motifs is 2. The van der Waals surface area contributed by atoms with Crippen molar-refractivity contribution in [2.75, 3.05) is 13.2 Å². The second-order valence-corrected chi connectivity index (χ2v) is 10.3. The van der Waals surface area contributed by atoms with Crippen molar-refractivity contribution in [3.8, 4) is 17.5 Å². The van der Waals surface area contributed by atoms with Gasteiger partial charge >= 0.3 is 0 Å². The number of nitrogens with one attached hydrogen (secondary N) is 1. The summed E-state index contributed by atoms with van der Waals surface area (Å²) in [5, 5.41) is 28.7. The Bertz CT molecular complexity index is 1640. The van der Waals surface area contributed by atoms with Crippen molar-refractivity contribution in [2.24, 2.45) is 18.0 Å². The fraction of sp³-hybridized carbons (Fsp3) is 0.321. The lowest BCUT2D eigenvalue weighted by atomic mass is 9.89. The van der Waals surface area contributed by atoms with E-state index >= 15 is 0 Å². The smallest absolute Gasteiger partial charge is 0.234 e. The minimum absolute atomic E-state index is 0.122. The first-order chi connectivity index (χ1) is 18.5. The van der Waals surface area contributed by atoms with E-state index in [0.717, 1.165) is 52.7 Å². The number of halogens is 1. The molecule has 1 aliphatic carbocycles. The molecule has 1 amide bonds. The Hall–Kier alpha value is -4.00. The number of aliphatic hydroxyl groups is 1. The van der Waals surface area contributed by atoms with E-state index in [9.17, 15) is 15.2 Å². The molecule has 2 aliphatic rings. The minimum Gasteiger partial charge on any atom is -0.394 e. The standard InChI is InChI=1S/C28H26ClN7O2/c1-35-14-17(13-30)11-23(35)26-24-25(21(10-16-2-3-16)28(38)33-27(24)32-8-9-37)34-36(26)15-18-6-7-31-22-5-4-19(29)12-20(18)22/h4-7,11-12,14,16,21,37H,2-3,8-10,15H2,1H3,(H,32,33,38). The summed E-state index contributed by atoms with van der Waals surface area (Å²) in [7, 11) is 1.88. The molecule has 0 bridgehead atoms. The van der Waals surface area contributed by atoms with Crippen molar-refractivity contribution in [1.82, 2.24) is 24.6 Å². The van der Waals surface area contributed by atoms with Gasteiger partial charge in [-0.25, -0.2) is 0 Å². The topological polar surface area (TPSA) is 121 Å². The fourth-order valence-electron chi connectivity index (χ4n) is 5.24. The maximum absolute atomic E-state index is 13.3. The second-order valence-electron chi connectivity index (χ2n) is 9.91. The van der Waals surface area contributed by atoms with Crippen LogP contribution in [0.3, 0.4) is 0 Å². The van der Waals surface area contributed by atoms with E-state index in [1.807, 2.05) is 46.6 Å². The van der Waals surface area contributed by atoms with E-state index in [0.29, 0.717) is 34.6 Å². The number of carbonyl (C=O) groups is 1. The van der Waals surface area contributed by atoms with Crippen LogP contribution in [-0.2, 0) is 18.4 Å². The average molecular weight is 528 g/mol. The van der Waals surface area contributed by atoms with Crippen molar-refractivity contribution in [2.45, 2.75) is 31.7 Å². The van der Waals surface area contributed by atoms with Gasteiger partial charge in [-0.05, 0) is 48.2 Å². The summed E-state index contributed by atoms with van der Waals surface area (Å²) in [6.45, 7) is 0.402. The number of hydrogen-bond acceptors (Lipinski definition) is 6. The van der Waals surface area contributed by atoms with Crippen LogP contribution in [0.1, 0.15) is 47.6 Å². The number of amides is 1. The van der Waals surface area contributed by atoms with Gasteiger partial charge in [0.25, 0.3) is 0 Å². The largest absolute Gasteiger partial charge is 0.394 e. The number of nitrogens with zero attached hydrogens (tertiary/aromatic N) is 6. The second kappa shape index (κ2) is 9.71. The zero-order valence-corrected chi connectivity index (χ0v) is 21.6. The molecule has 10 heteroatoms. The van der Waals surface area contributed by atoms with Crippen LogP contribution in [0.25, 0.3) is 22.3 Å². The summed E-state index contributed by atoms with van der Waals surface area (Å²) < 4.78 is 3.79. The molecule has 0 spiro atoms. The Morgan fingerprint density at radius 1 is 1.29 bits per heavy atom. The van der Waals surface area contributed by atoms with E-state index in [4.69, 9.17) is 16.7 Å². The number of aliphatic imine (C=N–C) groups is 1. The number of benzene rings is 1. The molecule has 4 heterocycles. The van der Waals surface area contributed by atoms with Gasteiger partial charge in [0.15, 0.2) is 0 Å². The molecule has 6 rings (SSSR count). The summed E-state index contributed by atoms with van der Waals surface area (Å²) in [4.78, 5) is 22.3. The van der Waals surface area contributed by atoms with E-state index in [2.05, 4.69) is 21.4 Å². The van der Waals surface area contributed by atoms with Crippen molar-refractivity contribution in [3.63, 3.8) is 0 Å².